The molecule has 1 saturated carbocycles. The summed E-state index contributed by atoms with van der Waals surface area (Å²) in [6.45, 7) is 1.83. The van der Waals surface area contributed by atoms with Gasteiger partial charge in [0.05, 0.1) is 10.6 Å². The summed E-state index contributed by atoms with van der Waals surface area (Å²) in [6.07, 6.45) is 5.15. The van der Waals surface area contributed by atoms with Gasteiger partial charge in [0.2, 0.25) is 0 Å². The second-order valence-corrected chi connectivity index (χ2v) is 5.98. The number of fused-ring (bicyclic) bond motifs is 4. The largest absolute Gasteiger partial charge is 0.338 e. The molecule has 2 bridgehead atoms. The van der Waals surface area contributed by atoms with Crippen molar-refractivity contribution < 1.29 is 4.79 Å². The molecule has 18 heavy (non-hydrogen) atoms. The van der Waals surface area contributed by atoms with Crippen LogP contribution < -0.4 is 0 Å². The zero-order valence-electron chi connectivity index (χ0n) is 10.4. The number of carbonyl (C=O) groups is 1. The smallest absolute Gasteiger partial charge is 0.255 e. The van der Waals surface area contributed by atoms with Gasteiger partial charge in [0, 0.05) is 13.1 Å². The van der Waals surface area contributed by atoms with E-state index in [1.807, 2.05) is 23.1 Å². The molecule has 2 nitrogen and oxygen atoms in total. The number of halogens is 1. The maximum Gasteiger partial charge on any atom is 0.255 e. The topological polar surface area (TPSA) is 20.3 Å². The summed E-state index contributed by atoms with van der Waals surface area (Å²) >= 11 is 6.12. The molecule has 2 saturated heterocycles. The summed E-state index contributed by atoms with van der Waals surface area (Å²) in [4.78, 5) is 14.6. The molecule has 0 unspecified atom stereocenters. The van der Waals surface area contributed by atoms with Crippen LogP contribution in [-0.2, 0) is 0 Å². The fraction of sp³-hybridized carbons (Fsp3) is 0.533. The number of rotatable bonds is 1. The van der Waals surface area contributed by atoms with Crippen molar-refractivity contribution >= 4 is 17.5 Å². The maximum atomic E-state index is 12.5. The van der Waals surface area contributed by atoms with E-state index in [1.165, 1.54) is 25.7 Å². The average Bonchev–Trinajstić information content (AvgIpc) is 2.72. The predicted molar refractivity (Wildman–Crippen MR) is 72.8 cm³/mol. The van der Waals surface area contributed by atoms with Gasteiger partial charge >= 0.3 is 0 Å². The summed E-state index contributed by atoms with van der Waals surface area (Å²) < 4.78 is 0. The van der Waals surface area contributed by atoms with E-state index < -0.39 is 0 Å². The summed E-state index contributed by atoms with van der Waals surface area (Å²) in [6, 6.07) is 7.37. The van der Waals surface area contributed by atoms with Gasteiger partial charge in [-0.25, -0.2) is 0 Å². The van der Waals surface area contributed by atoms with E-state index in [9.17, 15) is 4.79 Å². The molecule has 0 radical (unpaired) electrons. The molecule has 1 aliphatic carbocycles. The molecule has 0 spiro atoms. The van der Waals surface area contributed by atoms with Gasteiger partial charge in [0.15, 0.2) is 0 Å². The third-order valence-corrected chi connectivity index (χ3v) is 4.64. The lowest BCUT2D eigenvalue weighted by molar-refractivity contribution is 0.0740. The molecule has 1 aromatic carbocycles. The van der Waals surface area contributed by atoms with Crippen LogP contribution in [0.4, 0.5) is 0 Å². The monoisotopic (exact) mass is 263 g/mol. The first-order valence-corrected chi connectivity index (χ1v) is 7.15. The second kappa shape index (κ2) is 4.93. The van der Waals surface area contributed by atoms with E-state index in [0.29, 0.717) is 22.4 Å². The van der Waals surface area contributed by atoms with E-state index >= 15 is 0 Å². The fourth-order valence-electron chi connectivity index (χ4n) is 3.27. The van der Waals surface area contributed by atoms with Gasteiger partial charge in [-0.05, 0) is 49.7 Å². The number of hydrogen-bond acceptors (Lipinski definition) is 1. The summed E-state index contributed by atoms with van der Waals surface area (Å²) in [7, 11) is 0. The minimum absolute atomic E-state index is 0.111. The summed E-state index contributed by atoms with van der Waals surface area (Å²) in [5.41, 5.74) is 0.653. The van der Waals surface area contributed by atoms with Crippen LogP contribution in [0.1, 0.15) is 36.0 Å². The van der Waals surface area contributed by atoms with Crippen LogP contribution >= 0.6 is 11.6 Å². The molecule has 1 aromatic rings. The van der Waals surface area contributed by atoms with Crippen molar-refractivity contribution in [1.29, 1.82) is 0 Å². The number of nitrogens with zero attached hydrogens (tertiary/aromatic N) is 1. The van der Waals surface area contributed by atoms with Gasteiger partial charge in [-0.1, -0.05) is 23.7 Å². The Morgan fingerprint density at radius 2 is 1.61 bits per heavy atom. The normalized spacial score (nSPS) is 27.1. The SMILES string of the molecule is O=C(c1ccccc1Cl)N1CC2CCC(CC2)C1. The molecule has 0 N–H and O–H groups in total. The first-order chi connectivity index (χ1) is 8.74. The Hall–Kier alpha value is -1.02. The Labute approximate surface area is 113 Å². The lowest BCUT2D eigenvalue weighted by atomic mass is 9.84. The van der Waals surface area contributed by atoms with E-state index in [0.717, 1.165) is 13.1 Å². The van der Waals surface area contributed by atoms with E-state index in [-0.39, 0.29) is 5.91 Å². The molecular weight excluding hydrogens is 246 g/mol. The third-order valence-electron chi connectivity index (χ3n) is 4.31. The Morgan fingerprint density at radius 3 is 2.17 bits per heavy atom. The molecule has 3 fully saturated rings. The number of benzene rings is 1. The lowest BCUT2D eigenvalue weighted by Crippen LogP contribution is -2.34. The van der Waals surface area contributed by atoms with Crippen LogP contribution in [0, 0.1) is 11.8 Å². The standard InChI is InChI=1S/C15H18ClNO/c16-14-4-2-1-3-13(14)15(18)17-9-11-5-6-12(10-17)8-7-11/h1-4,11-12H,5-10H2. The van der Waals surface area contributed by atoms with Gasteiger partial charge in [-0.2, -0.15) is 0 Å². The minimum Gasteiger partial charge on any atom is -0.338 e. The fourth-order valence-corrected chi connectivity index (χ4v) is 3.48. The van der Waals surface area contributed by atoms with Crippen molar-refractivity contribution in [2.75, 3.05) is 13.1 Å². The van der Waals surface area contributed by atoms with E-state index in [2.05, 4.69) is 0 Å². The third kappa shape index (κ3) is 2.26. The first-order valence-electron chi connectivity index (χ1n) is 6.78. The Balaban J connectivity index is 1.82. The zero-order valence-corrected chi connectivity index (χ0v) is 11.2. The molecule has 4 rings (SSSR count). The number of hydrogen-bond donors (Lipinski definition) is 0. The second-order valence-electron chi connectivity index (χ2n) is 5.58. The van der Waals surface area contributed by atoms with Crippen LogP contribution in [0.2, 0.25) is 5.02 Å². The van der Waals surface area contributed by atoms with Gasteiger partial charge in [0.1, 0.15) is 0 Å². The highest BCUT2D eigenvalue weighted by atomic mass is 35.5. The molecule has 2 aliphatic heterocycles. The molecule has 96 valence electrons. The highest BCUT2D eigenvalue weighted by Crippen LogP contribution is 2.34. The van der Waals surface area contributed by atoms with Crippen molar-refractivity contribution in [2.45, 2.75) is 25.7 Å². The molecule has 2 heterocycles. The van der Waals surface area contributed by atoms with Gasteiger partial charge < -0.3 is 4.90 Å². The highest BCUT2D eigenvalue weighted by molar-refractivity contribution is 6.33. The molecule has 3 aliphatic rings. The van der Waals surface area contributed by atoms with Crippen molar-refractivity contribution in [2.24, 2.45) is 11.8 Å². The molecule has 0 atom stereocenters. The van der Waals surface area contributed by atoms with Crippen molar-refractivity contribution in [1.82, 2.24) is 4.90 Å². The van der Waals surface area contributed by atoms with Gasteiger partial charge in [-0.15, -0.1) is 0 Å². The van der Waals surface area contributed by atoms with Crippen LogP contribution in [0.25, 0.3) is 0 Å². The number of amides is 1. The Morgan fingerprint density at radius 1 is 1.06 bits per heavy atom. The van der Waals surface area contributed by atoms with Crippen LogP contribution in [0.15, 0.2) is 24.3 Å². The lowest BCUT2D eigenvalue weighted by Gasteiger charge is -2.23. The first kappa shape index (κ1) is 12.0. The maximum absolute atomic E-state index is 12.5. The summed E-state index contributed by atoms with van der Waals surface area (Å²) in [5.74, 6) is 1.52. The number of carbonyl (C=O) groups excluding carboxylic acids is 1. The molecule has 0 aromatic heterocycles. The van der Waals surface area contributed by atoms with Crippen molar-refractivity contribution in [3.05, 3.63) is 34.9 Å². The molecule has 1 amide bonds. The average molecular weight is 264 g/mol. The molecular formula is C15H18ClNO. The van der Waals surface area contributed by atoms with E-state index in [4.69, 9.17) is 11.6 Å². The van der Waals surface area contributed by atoms with Crippen LogP contribution in [-0.4, -0.2) is 23.9 Å². The Kier molecular flexibility index (Phi) is 3.29. The van der Waals surface area contributed by atoms with Crippen LogP contribution in [0.3, 0.4) is 0 Å². The van der Waals surface area contributed by atoms with Crippen LogP contribution in [0.5, 0.6) is 0 Å². The quantitative estimate of drug-likeness (QED) is 0.758. The van der Waals surface area contributed by atoms with Gasteiger partial charge in [0.25, 0.3) is 5.91 Å². The van der Waals surface area contributed by atoms with Crippen molar-refractivity contribution in [3.8, 4) is 0 Å². The van der Waals surface area contributed by atoms with E-state index in [1.54, 1.807) is 6.07 Å². The minimum atomic E-state index is 0.111. The Bertz CT molecular complexity index is 438. The van der Waals surface area contributed by atoms with Gasteiger partial charge in [-0.3, -0.25) is 4.79 Å². The van der Waals surface area contributed by atoms with Crippen molar-refractivity contribution in [3.63, 3.8) is 0 Å². The summed E-state index contributed by atoms with van der Waals surface area (Å²) in [5, 5.41) is 0.569. The predicted octanol–water partition coefficient (Wildman–Crippen LogP) is 3.60. The molecule has 3 heteroatoms. The zero-order chi connectivity index (χ0) is 12.5. The highest BCUT2D eigenvalue weighted by Gasteiger charge is 2.32.